The van der Waals surface area contributed by atoms with Gasteiger partial charge in [0.2, 0.25) is 0 Å². The van der Waals surface area contributed by atoms with Gasteiger partial charge in [-0.1, -0.05) is 30.3 Å². The summed E-state index contributed by atoms with van der Waals surface area (Å²) in [6.07, 6.45) is -0.395. The average molecular weight is 369 g/mol. The lowest BCUT2D eigenvalue weighted by molar-refractivity contribution is -0.139. The van der Waals surface area contributed by atoms with Crippen LogP contribution >= 0.6 is 11.8 Å². The summed E-state index contributed by atoms with van der Waals surface area (Å²) in [5.41, 5.74) is 0.674. The minimum absolute atomic E-state index is 0.109. The van der Waals surface area contributed by atoms with Gasteiger partial charge in [0.15, 0.2) is 0 Å². The maximum absolute atomic E-state index is 11.8. The van der Waals surface area contributed by atoms with E-state index < -0.39 is 18.1 Å². The summed E-state index contributed by atoms with van der Waals surface area (Å²) in [5.74, 6) is 0.328. The summed E-state index contributed by atoms with van der Waals surface area (Å²) >= 11 is 1.60. The Morgan fingerprint density at radius 2 is 1.88 bits per heavy atom. The molecule has 1 atom stereocenters. The van der Waals surface area contributed by atoms with E-state index in [1.54, 1.807) is 11.8 Å². The quantitative estimate of drug-likeness (QED) is 0.616. The molecule has 140 valence electrons. The zero-order chi connectivity index (χ0) is 18.7. The Labute approximate surface area is 153 Å². The summed E-state index contributed by atoms with van der Waals surface area (Å²) in [5, 5.41) is 11.6. The Morgan fingerprint density at radius 1 is 1.20 bits per heavy atom. The monoisotopic (exact) mass is 369 g/mol. The molecule has 0 aliphatic heterocycles. The number of aliphatic carboxylic acids is 1. The van der Waals surface area contributed by atoms with Gasteiger partial charge in [-0.2, -0.15) is 11.8 Å². The number of nitrogens with one attached hydrogen (secondary N) is 1. The smallest absolute Gasteiger partial charge is 0.408 e. The third kappa shape index (κ3) is 10.7. The first-order chi connectivity index (χ1) is 11.8. The van der Waals surface area contributed by atoms with E-state index in [1.807, 2.05) is 51.1 Å². The molecule has 0 heterocycles. The molecule has 0 saturated heterocycles. The topological polar surface area (TPSA) is 84.9 Å². The number of thioether (sulfide) groups is 1. The number of ether oxygens (including phenoxy) is 2. The van der Waals surface area contributed by atoms with Gasteiger partial charge in [0, 0.05) is 5.75 Å². The predicted molar refractivity (Wildman–Crippen MR) is 98.8 cm³/mol. The molecule has 0 radical (unpaired) electrons. The van der Waals surface area contributed by atoms with Gasteiger partial charge in [-0.25, -0.2) is 9.59 Å². The zero-order valence-corrected chi connectivity index (χ0v) is 15.8. The molecule has 1 rings (SSSR count). The van der Waals surface area contributed by atoms with Crippen molar-refractivity contribution >= 4 is 23.8 Å². The Bertz CT molecular complexity index is 530. The van der Waals surface area contributed by atoms with E-state index in [-0.39, 0.29) is 12.2 Å². The summed E-state index contributed by atoms with van der Waals surface area (Å²) in [6.45, 7) is 6.69. The number of benzene rings is 1. The third-order valence-corrected chi connectivity index (χ3v) is 4.10. The van der Waals surface area contributed by atoms with Crippen LogP contribution in [0, 0.1) is 0 Å². The van der Waals surface area contributed by atoms with Crippen LogP contribution in [-0.4, -0.2) is 46.9 Å². The predicted octanol–water partition coefficient (Wildman–Crippen LogP) is 3.30. The Morgan fingerprint density at radius 3 is 2.48 bits per heavy atom. The molecule has 1 unspecified atom stereocenters. The van der Waals surface area contributed by atoms with Gasteiger partial charge in [0.25, 0.3) is 0 Å². The standard InChI is InChI=1S/C18H27NO5S/c1-18(2,3)24-10-12-25-11-9-15(16(20)21)19-17(22)23-13-14-7-5-4-6-8-14/h4-8,15H,9-13H2,1-3H3,(H,19,22)(H,20,21). The molecule has 7 heteroatoms. The fourth-order valence-electron chi connectivity index (χ4n) is 1.87. The van der Waals surface area contributed by atoms with Gasteiger partial charge in [0.1, 0.15) is 12.6 Å². The fraction of sp³-hybridized carbons (Fsp3) is 0.556. The van der Waals surface area contributed by atoms with Crippen LogP contribution in [0.4, 0.5) is 4.79 Å². The van der Waals surface area contributed by atoms with Crippen molar-refractivity contribution in [1.29, 1.82) is 0 Å². The number of carboxylic acid groups (broad SMARTS) is 1. The lowest BCUT2D eigenvalue weighted by Gasteiger charge is -2.19. The van der Waals surface area contributed by atoms with Crippen molar-refractivity contribution in [3.8, 4) is 0 Å². The molecule has 2 N–H and O–H groups in total. The maximum Gasteiger partial charge on any atom is 0.408 e. The van der Waals surface area contributed by atoms with E-state index in [1.165, 1.54) is 0 Å². The average Bonchev–Trinajstić information content (AvgIpc) is 2.54. The number of carbonyl (C=O) groups excluding carboxylic acids is 1. The van der Waals surface area contributed by atoms with Crippen LogP contribution in [0.3, 0.4) is 0 Å². The summed E-state index contributed by atoms with van der Waals surface area (Å²) < 4.78 is 10.6. The molecular weight excluding hydrogens is 342 g/mol. The molecule has 0 aliphatic rings. The highest BCUT2D eigenvalue weighted by atomic mass is 32.2. The highest BCUT2D eigenvalue weighted by Crippen LogP contribution is 2.10. The molecule has 0 saturated carbocycles. The number of rotatable bonds is 10. The van der Waals surface area contributed by atoms with Gasteiger partial charge in [-0.3, -0.25) is 0 Å². The van der Waals surface area contributed by atoms with Crippen molar-refractivity contribution in [3.63, 3.8) is 0 Å². The van der Waals surface area contributed by atoms with Crippen LogP contribution < -0.4 is 5.32 Å². The highest BCUT2D eigenvalue weighted by Gasteiger charge is 2.20. The summed E-state index contributed by atoms with van der Waals surface area (Å²) in [4.78, 5) is 23.0. The number of alkyl carbamates (subject to hydrolysis) is 1. The van der Waals surface area contributed by atoms with Gasteiger partial charge >= 0.3 is 12.1 Å². The van der Waals surface area contributed by atoms with Gasteiger partial charge in [-0.15, -0.1) is 0 Å². The third-order valence-electron chi connectivity index (χ3n) is 3.12. The normalized spacial score (nSPS) is 12.4. The molecule has 0 aliphatic carbocycles. The van der Waals surface area contributed by atoms with Crippen molar-refractivity contribution in [2.24, 2.45) is 0 Å². The van der Waals surface area contributed by atoms with Gasteiger partial charge in [-0.05, 0) is 38.5 Å². The summed E-state index contributed by atoms with van der Waals surface area (Å²) in [6, 6.07) is 8.26. The van der Waals surface area contributed by atoms with Crippen molar-refractivity contribution < 1.29 is 24.2 Å². The molecule has 0 spiro atoms. The van der Waals surface area contributed by atoms with Crippen LogP contribution in [0.15, 0.2) is 30.3 Å². The SMILES string of the molecule is CC(C)(C)OCCSCCC(NC(=O)OCc1ccccc1)C(=O)O. The number of hydrogen-bond acceptors (Lipinski definition) is 5. The molecule has 0 aromatic heterocycles. The van der Waals surface area contributed by atoms with Crippen molar-refractivity contribution in [3.05, 3.63) is 35.9 Å². The molecule has 25 heavy (non-hydrogen) atoms. The Hall–Kier alpha value is -1.73. The first kappa shape index (κ1) is 21.3. The van der Waals surface area contributed by atoms with Crippen LogP contribution in [-0.2, 0) is 20.9 Å². The van der Waals surface area contributed by atoms with Crippen LogP contribution in [0.1, 0.15) is 32.8 Å². The van der Waals surface area contributed by atoms with Crippen molar-refractivity contribution in [1.82, 2.24) is 5.32 Å². The van der Waals surface area contributed by atoms with Crippen LogP contribution in [0.5, 0.6) is 0 Å². The number of carboxylic acids is 1. The highest BCUT2D eigenvalue weighted by molar-refractivity contribution is 7.99. The van der Waals surface area contributed by atoms with Gasteiger partial charge in [0.05, 0.1) is 12.2 Å². The second-order valence-corrected chi connectivity index (χ2v) is 7.68. The Kier molecular flexibility index (Phi) is 9.37. The second-order valence-electron chi connectivity index (χ2n) is 6.46. The summed E-state index contributed by atoms with van der Waals surface area (Å²) in [7, 11) is 0. The minimum atomic E-state index is -1.07. The van der Waals surface area contributed by atoms with Gasteiger partial charge < -0.3 is 19.9 Å². The van der Waals surface area contributed by atoms with Crippen LogP contribution in [0.25, 0.3) is 0 Å². The number of hydrogen-bond donors (Lipinski definition) is 2. The van der Waals surface area contributed by atoms with Crippen molar-refractivity contribution in [2.75, 3.05) is 18.1 Å². The lowest BCUT2D eigenvalue weighted by atomic mass is 10.2. The maximum atomic E-state index is 11.8. The van der Waals surface area contributed by atoms with E-state index in [2.05, 4.69) is 5.32 Å². The minimum Gasteiger partial charge on any atom is -0.480 e. The molecule has 0 fully saturated rings. The molecular formula is C18H27NO5S. The Balaban J connectivity index is 2.24. The van der Waals surface area contributed by atoms with E-state index in [9.17, 15) is 14.7 Å². The molecule has 1 aromatic carbocycles. The van der Waals surface area contributed by atoms with E-state index in [4.69, 9.17) is 9.47 Å². The number of carbonyl (C=O) groups is 2. The van der Waals surface area contributed by atoms with E-state index in [0.717, 1.165) is 11.3 Å². The first-order valence-corrected chi connectivity index (χ1v) is 9.35. The molecule has 0 bridgehead atoms. The first-order valence-electron chi connectivity index (χ1n) is 8.19. The molecule has 1 amide bonds. The largest absolute Gasteiger partial charge is 0.480 e. The lowest BCUT2D eigenvalue weighted by Crippen LogP contribution is -2.41. The molecule has 1 aromatic rings. The van der Waals surface area contributed by atoms with Crippen LogP contribution in [0.2, 0.25) is 0 Å². The number of amides is 1. The second kappa shape index (κ2) is 11.0. The molecule has 6 nitrogen and oxygen atoms in total. The zero-order valence-electron chi connectivity index (χ0n) is 15.0. The van der Waals surface area contributed by atoms with E-state index >= 15 is 0 Å². The van der Waals surface area contributed by atoms with Crippen molar-refractivity contribution in [2.45, 2.75) is 45.4 Å². The fourth-order valence-corrected chi connectivity index (χ4v) is 2.68. The van der Waals surface area contributed by atoms with E-state index in [0.29, 0.717) is 18.8 Å².